The molecule has 32 heavy (non-hydrogen) atoms. The van der Waals surface area contributed by atoms with Crippen molar-refractivity contribution < 1.29 is 24.3 Å². The van der Waals surface area contributed by atoms with Gasteiger partial charge in [-0.15, -0.1) is 5.06 Å². The number of nitrogens with zero attached hydrogens (tertiary/aromatic N) is 1. The lowest BCUT2D eigenvalue weighted by Crippen LogP contribution is -2.35. The van der Waals surface area contributed by atoms with E-state index in [0.29, 0.717) is 5.56 Å². The van der Waals surface area contributed by atoms with E-state index in [9.17, 15) is 14.7 Å². The summed E-state index contributed by atoms with van der Waals surface area (Å²) in [6.45, 7) is 0. The van der Waals surface area contributed by atoms with Crippen molar-refractivity contribution in [3.05, 3.63) is 101 Å². The van der Waals surface area contributed by atoms with Crippen molar-refractivity contribution in [3.8, 4) is 5.75 Å². The molecule has 1 saturated heterocycles. The third-order valence-electron chi connectivity index (χ3n) is 5.50. The van der Waals surface area contributed by atoms with E-state index >= 15 is 0 Å². The van der Waals surface area contributed by atoms with Gasteiger partial charge < -0.3 is 14.7 Å². The van der Waals surface area contributed by atoms with Crippen LogP contribution in [0, 0.1) is 0 Å². The number of ether oxygens (including phenoxy) is 1. The fraction of sp³-hybridized carbons (Fsp3) is 0.231. The van der Waals surface area contributed by atoms with Crippen molar-refractivity contribution in [2.24, 2.45) is 0 Å². The largest absolute Gasteiger partial charge is 0.497 e. The van der Waals surface area contributed by atoms with E-state index in [2.05, 4.69) is 36.4 Å². The lowest BCUT2D eigenvalue weighted by Gasteiger charge is -2.18. The zero-order chi connectivity index (χ0) is 22.5. The normalized spacial score (nSPS) is 15.6. The van der Waals surface area contributed by atoms with Gasteiger partial charge >= 0.3 is 5.97 Å². The zero-order valence-corrected chi connectivity index (χ0v) is 17.9. The molecule has 164 valence electrons. The number of methoxy groups -OCH3 is 1. The molecule has 3 aromatic carbocycles. The van der Waals surface area contributed by atoms with Crippen LogP contribution in [0.4, 0.5) is 0 Å². The molecule has 0 aliphatic carbocycles. The van der Waals surface area contributed by atoms with Crippen molar-refractivity contribution in [2.75, 3.05) is 7.11 Å². The lowest BCUT2D eigenvalue weighted by atomic mass is 10.00. The highest BCUT2D eigenvalue weighted by Crippen LogP contribution is 2.19. The van der Waals surface area contributed by atoms with Gasteiger partial charge in [-0.25, -0.2) is 4.79 Å². The molecule has 1 atom stereocenters. The Bertz CT molecular complexity index is 1070. The first-order valence-corrected chi connectivity index (χ1v) is 10.5. The van der Waals surface area contributed by atoms with Crippen molar-refractivity contribution in [3.63, 3.8) is 0 Å². The molecule has 6 nitrogen and oxygen atoms in total. The Kier molecular flexibility index (Phi) is 6.52. The van der Waals surface area contributed by atoms with Crippen LogP contribution >= 0.6 is 0 Å². The van der Waals surface area contributed by atoms with Gasteiger partial charge in [-0.3, -0.25) is 4.79 Å². The summed E-state index contributed by atoms with van der Waals surface area (Å²) in [5, 5.41) is 10.5. The van der Waals surface area contributed by atoms with E-state index < -0.39 is 18.1 Å². The summed E-state index contributed by atoms with van der Waals surface area (Å²) in [5.41, 5.74) is 5.02. The van der Waals surface area contributed by atoms with Crippen molar-refractivity contribution in [2.45, 2.75) is 31.9 Å². The molecular formula is C26H25NO5. The first-order valence-electron chi connectivity index (χ1n) is 10.5. The molecule has 1 aliphatic rings. The Morgan fingerprint density at radius 3 is 1.78 bits per heavy atom. The Balaban J connectivity index is 1.33. The Hall–Kier alpha value is -3.64. The standard InChI is InChI=1S/C26H25NO5/c1-31-23-12-8-21(9-13-23)17-19-4-2-18(3-5-19)16-20-6-10-22(11-7-20)26(30)32-27-24(28)14-15-25(27)29/h2-13,24,28H,14-17H2,1H3. The summed E-state index contributed by atoms with van der Waals surface area (Å²) in [6.07, 6.45) is 0.964. The SMILES string of the molecule is COc1ccc(Cc2ccc(Cc3ccc(C(=O)ON4C(=O)CCC4O)cc3)cc2)cc1. The maximum atomic E-state index is 12.3. The van der Waals surface area contributed by atoms with Crippen LogP contribution in [0.15, 0.2) is 72.8 Å². The zero-order valence-electron chi connectivity index (χ0n) is 17.9. The number of carbonyl (C=O) groups excluding carboxylic acids is 2. The quantitative estimate of drug-likeness (QED) is 0.614. The minimum Gasteiger partial charge on any atom is -0.497 e. The van der Waals surface area contributed by atoms with Gasteiger partial charge in [0.25, 0.3) is 5.91 Å². The highest BCUT2D eigenvalue weighted by molar-refractivity contribution is 5.90. The Labute approximate surface area is 187 Å². The van der Waals surface area contributed by atoms with E-state index in [0.717, 1.165) is 29.2 Å². The molecule has 1 heterocycles. The Morgan fingerprint density at radius 1 is 0.875 bits per heavy atom. The van der Waals surface area contributed by atoms with Crippen molar-refractivity contribution in [1.29, 1.82) is 0 Å². The Morgan fingerprint density at radius 2 is 1.34 bits per heavy atom. The van der Waals surface area contributed by atoms with E-state index in [4.69, 9.17) is 9.57 Å². The van der Waals surface area contributed by atoms with Gasteiger partial charge in [-0.1, -0.05) is 48.5 Å². The summed E-state index contributed by atoms with van der Waals surface area (Å²) < 4.78 is 5.20. The van der Waals surface area contributed by atoms with Gasteiger partial charge in [-0.05, 0) is 59.4 Å². The highest BCUT2D eigenvalue weighted by atomic mass is 16.7. The molecule has 4 rings (SSSR count). The minimum absolute atomic E-state index is 0.173. The van der Waals surface area contributed by atoms with E-state index in [1.54, 1.807) is 19.2 Å². The van der Waals surface area contributed by atoms with Crippen LogP contribution in [0.25, 0.3) is 0 Å². The number of aliphatic hydroxyl groups is 1. The van der Waals surface area contributed by atoms with Gasteiger partial charge in [0.2, 0.25) is 0 Å². The van der Waals surface area contributed by atoms with Gasteiger partial charge in [0.05, 0.1) is 12.7 Å². The topological polar surface area (TPSA) is 76.1 Å². The highest BCUT2D eigenvalue weighted by Gasteiger charge is 2.33. The van der Waals surface area contributed by atoms with Crippen LogP contribution in [-0.2, 0) is 22.5 Å². The summed E-state index contributed by atoms with van der Waals surface area (Å²) in [7, 11) is 1.66. The number of carbonyl (C=O) groups is 2. The average Bonchev–Trinajstić information content (AvgIpc) is 3.13. The lowest BCUT2D eigenvalue weighted by molar-refractivity contribution is -0.191. The van der Waals surface area contributed by atoms with E-state index in [1.165, 1.54) is 16.7 Å². The molecule has 1 aliphatic heterocycles. The summed E-state index contributed by atoms with van der Waals surface area (Å²) in [6, 6.07) is 23.6. The molecule has 0 bridgehead atoms. The molecule has 1 fully saturated rings. The fourth-order valence-corrected chi connectivity index (χ4v) is 3.65. The molecule has 1 amide bonds. The van der Waals surface area contributed by atoms with E-state index in [-0.39, 0.29) is 12.8 Å². The number of hydroxylamine groups is 2. The fourth-order valence-electron chi connectivity index (χ4n) is 3.65. The first kappa shape index (κ1) is 21.6. The smallest absolute Gasteiger partial charge is 0.363 e. The third kappa shape index (κ3) is 5.15. The summed E-state index contributed by atoms with van der Waals surface area (Å²) in [4.78, 5) is 28.9. The number of aliphatic hydroxyl groups excluding tert-OH is 1. The number of rotatable bonds is 7. The number of hydrogen-bond donors (Lipinski definition) is 1. The average molecular weight is 431 g/mol. The van der Waals surface area contributed by atoms with Gasteiger partial charge in [0.1, 0.15) is 5.75 Å². The van der Waals surface area contributed by atoms with Crippen LogP contribution < -0.4 is 4.74 Å². The predicted octanol–water partition coefficient (Wildman–Crippen LogP) is 3.89. The summed E-state index contributed by atoms with van der Waals surface area (Å²) in [5.74, 6) is -0.197. The van der Waals surface area contributed by atoms with Crippen LogP contribution in [0.3, 0.4) is 0 Å². The van der Waals surface area contributed by atoms with Crippen molar-refractivity contribution >= 4 is 11.9 Å². The van der Waals surface area contributed by atoms with Crippen LogP contribution in [0.2, 0.25) is 0 Å². The number of amides is 1. The molecular weight excluding hydrogens is 406 g/mol. The van der Waals surface area contributed by atoms with Crippen LogP contribution in [0.5, 0.6) is 5.75 Å². The van der Waals surface area contributed by atoms with Gasteiger partial charge in [0, 0.05) is 12.8 Å². The number of benzene rings is 3. The second-order valence-corrected chi connectivity index (χ2v) is 7.83. The van der Waals surface area contributed by atoms with E-state index in [1.807, 2.05) is 24.3 Å². The minimum atomic E-state index is -1.07. The van der Waals surface area contributed by atoms with Crippen LogP contribution in [-0.4, -0.2) is 35.4 Å². The maximum Gasteiger partial charge on any atom is 0.363 e. The van der Waals surface area contributed by atoms with Gasteiger partial charge in [0.15, 0.2) is 6.23 Å². The first-order chi connectivity index (χ1) is 15.5. The van der Waals surface area contributed by atoms with Crippen LogP contribution in [0.1, 0.15) is 45.5 Å². The molecule has 0 spiro atoms. The number of hydrogen-bond acceptors (Lipinski definition) is 5. The molecule has 0 radical (unpaired) electrons. The molecule has 0 aromatic heterocycles. The maximum absolute atomic E-state index is 12.3. The van der Waals surface area contributed by atoms with Gasteiger partial charge in [-0.2, -0.15) is 0 Å². The monoisotopic (exact) mass is 431 g/mol. The molecule has 1 unspecified atom stereocenters. The molecule has 6 heteroatoms. The second-order valence-electron chi connectivity index (χ2n) is 7.83. The third-order valence-corrected chi connectivity index (χ3v) is 5.50. The molecule has 1 N–H and O–H groups in total. The predicted molar refractivity (Wildman–Crippen MR) is 119 cm³/mol. The van der Waals surface area contributed by atoms with Crippen molar-refractivity contribution in [1.82, 2.24) is 5.06 Å². The molecule has 3 aromatic rings. The summed E-state index contributed by atoms with van der Waals surface area (Å²) >= 11 is 0. The second kappa shape index (κ2) is 9.66. The molecule has 0 saturated carbocycles.